The van der Waals surface area contributed by atoms with Crippen molar-refractivity contribution >= 4 is 62.4 Å². The number of fused-ring (bicyclic) bond motifs is 4. The van der Waals surface area contributed by atoms with E-state index >= 15 is 0 Å². The van der Waals surface area contributed by atoms with Gasteiger partial charge in [0.1, 0.15) is 16.9 Å². The summed E-state index contributed by atoms with van der Waals surface area (Å²) in [6.07, 6.45) is 3.02. The highest BCUT2D eigenvalue weighted by atomic mass is 32.1. The molecule has 0 bridgehead atoms. The van der Waals surface area contributed by atoms with Crippen molar-refractivity contribution < 1.29 is 23.5 Å². The number of ether oxygens (including phenoxy) is 1. The number of thiazole rings is 1. The molecular weight excluding hydrogens is 478 g/mol. The van der Waals surface area contributed by atoms with Gasteiger partial charge in [0.25, 0.3) is 5.91 Å². The van der Waals surface area contributed by atoms with Gasteiger partial charge in [0.05, 0.1) is 16.8 Å². The summed E-state index contributed by atoms with van der Waals surface area (Å²) >= 11 is 1.35. The number of hydrogen-bond donors (Lipinski definition) is 1. The first-order valence-corrected chi connectivity index (χ1v) is 13.1. The number of rotatable bonds is 3. The summed E-state index contributed by atoms with van der Waals surface area (Å²) < 4.78 is 11.6. The Balaban J connectivity index is 1.41. The molecule has 1 aliphatic heterocycles. The first kappa shape index (κ1) is 22.7. The third-order valence-electron chi connectivity index (χ3n) is 7.23. The molecular formula is C27H25N3O5S. The van der Waals surface area contributed by atoms with E-state index < -0.39 is 12.2 Å². The lowest BCUT2D eigenvalue weighted by molar-refractivity contribution is -0.125. The Hall–Kier alpha value is -3.72. The van der Waals surface area contributed by atoms with E-state index in [-0.39, 0.29) is 17.7 Å². The summed E-state index contributed by atoms with van der Waals surface area (Å²) in [5.74, 6) is -0.238. The average molecular weight is 504 g/mol. The van der Waals surface area contributed by atoms with Crippen LogP contribution in [0, 0.1) is 11.8 Å². The Morgan fingerprint density at radius 2 is 1.83 bits per heavy atom. The second kappa shape index (κ2) is 8.74. The standard InChI is InChI=1S/C27H25N3O5S/c1-14-3-5-16(6-4-14)26(32)30-15(2)34-27(33)20-11-24-19(10-22(20)30)18-9-17(7-8-23(18)35-24)29-25(31)21-12-36-13-28-21/h7-16H,3-6H2,1-2H3,(H,29,31). The molecule has 1 aliphatic carbocycles. The van der Waals surface area contributed by atoms with Gasteiger partial charge in [-0.05, 0) is 68.9 Å². The van der Waals surface area contributed by atoms with Gasteiger partial charge in [-0.15, -0.1) is 11.3 Å². The van der Waals surface area contributed by atoms with Crippen molar-refractivity contribution in [3.05, 3.63) is 52.5 Å². The molecule has 36 heavy (non-hydrogen) atoms. The lowest BCUT2D eigenvalue weighted by Crippen LogP contribution is -2.48. The largest absolute Gasteiger partial charge is 0.456 e. The molecule has 184 valence electrons. The van der Waals surface area contributed by atoms with Gasteiger partial charge in [0, 0.05) is 27.8 Å². The molecule has 0 saturated heterocycles. The topological polar surface area (TPSA) is 102 Å². The van der Waals surface area contributed by atoms with Crippen molar-refractivity contribution in [2.24, 2.45) is 11.8 Å². The van der Waals surface area contributed by atoms with Crippen molar-refractivity contribution in [2.45, 2.75) is 45.8 Å². The minimum Gasteiger partial charge on any atom is -0.456 e. The van der Waals surface area contributed by atoms with Crippen molar-refractivity contribution in [1.29, 1.82) is 0 Å². The molecule has 0 radical (unpaired) electrons. The van der Waals surface area contributed by atoms with Gasteiger partial charge in [0.15, 0.2) is 6.23 Å². The fraction of sp³-hybridized carbons (Fsp3) is 0.333. The Morgan fingerprint density at radius 1 is 1.06 bits per heavy atom. The van der Waals surface area contributed by atoms with Crippen LogP contribution in [-0.4, -0.2) is 29.0 Å². The van der Waals surface area contributed by atoms with Crippen LogP contribution in [0.15, 0.2) is 45.6 Å². The molecule has 1 atom stereocenters. The average Bonchev–Trinajstić information content (AvgIpc) is 3.52. The fourth-order valence-corrected chi connectivity index (χ4v) is 5.77. The number of aromatic nitrogens is 1. The van der Waals surface area contributed by atoms with Crippen LogP contribution in [0.3, 0.4) is 0 Å². The Kier molecular flexibility index (Phi) is 5.52. The van der Waals surface area contributed by atoms with E-state index in [0.29, 0.717) is 39.7 Å². The quantitative estimate of drug-likeness (QED) is 0.346. The molecule has 1 fully saturated rings. The van der Waals surface area contributed by atoms with Crippen LogP contribution in [0.5, 0.6) is 0 Å². The van der Waals surface area contributed by atoms with Crippen LogP contribution >= 0.6 is 11.3 Å². The number of benzene rings is 2. The SMILES string of the molecule is CC1CCC(C(=O)N2c3cc4c(cc3C(=O)OC2C)oc2ccc(NC(=O)c3cscn3)cc24)CC1. The van der Waals surface area contributed by atoms with Gasteiger partial charge >= 0.3 is 5.97 Å². The van der Waals surface area contributed by atoms with Gasteiger partial charge in [-0.25, -0.2) is 9.78 Å². The highest BCUT2D eigenvalue weighted by molar-refractivity contribution is 7.07. The number of hydrogen-bond acceptors (Lipinski definition) is 7. The van der Waals surface area contributed by atoms with Gasteiger partial charge in [-0.2, -0.15) is 0 Å². The first-order chi connectivity index (χ1) is 17.4. The van der Waals surface area contributed by atoms with E-state index in [0.717, 1.165) is 36.5 Å². The van der Waals surface area contributed by atoms with Crippen LogP contribution in [-0.2, 0) is 9.53 Å². The molecule has 2 aliphatic rings. The van der Waals surface area contributed by atoms with E-state index in [1.807, 2.05) is 12.1 Å². The van der Waals surface area contributed by atoms with Gasteiger partial charge in [0.2, 0.25) is 5.91 Å². The third kappa shape index (κ3) is 3.83. The number of carbonyl (C=O) groups is 3. The highest BCUT2D eigenvalue weighted by Crippen LogP contribution is 2.40. The smallest absolute Gasteiger partial charge is 0.342 e. The first-order valence-electron chi connectivity index (χ1n) is 12.1. The maximum absolute atomic E-state index is 13.6. The molecule has 0 spiro atoms. The van der Waals surface area contributed by atoms with Crippen molar-refractivity contribution in [3.63, 3.8) is 0 Å². The van der Waals surface area contributed by atoms with Gasteiger partial charge < -0.3 is 14.5 Å². The van der Waals surface area contributed by atoms with Crippen molar-refractivity contribution in [1.82, 2.24) is 4.98 Å². The van der Waals surface area contributed by atoms with E-state index in [9.17, 15) is 14.4 Å². The molecule has 4 aromatic rings. The molecule has 1 saturated carbocycles. The number of nitrogens with one attached hydrogen (secondary N) is 1. The number of nitrogens with zero attached hydrogens (tertiary/aromatic N) is 2. The summed E-state index contributed by atoms with van der Waals surface area (Å²) in [5.41, 5.74) is 4.53. The summed E-state index contributed by atoms with van der Waals surface area (Å²) in [7, 11) is 0. The number of esters is 1. The van der Waals surface area contributed by atoms with E-state index in [1.165, 1.54) is 11.3 Å². The summed E-state index contributed by atoms with van der Waals surface area (Å²) in [4.78, 5) is 44.6. The molecule has 1 unspecified atom stereocenters. The van der Waals surface area contributed by atoms with E-state index in [4.69, 9.17) is 9.15 Å². The predicted molar refractivity (Wildman–Crippen MR) is 137 cm³/mol. The van der Waals surface area contributed by atoms with Crippen LogP contribution in [0.25, 0.3) is 21.9 Å². The summed E-state index contributed by atoms with van der Waals surface area (Å²) in [5, 5.41) is 6.08. The molecule has 1 N–H and O–H groups in total. The predicted octanol–water partition coefficient (Wildman–Crippen LogP) is 5.97. The maximum Gasteiger partial charge on any atom is 0.342 e. The molecule has 2 aromatic heterocycles. The highest BCUT2D eigenvalue weighted by Gasteiger charge is 2.38. The van der Waals surface area contributed by atoms with Gasteiger partial charge in [-0.3, -0.25) is 14.5 Å². The zero-order valence-corrected chi connectivity index (χ0v) is 20.8. The zero-order valence-electron chi connectivity index (χ0n) is 19.9. The molecule has 9 heteroatoms. The number of anilines is 2. The number of carbonyl (C=O) groups excluding carboxylic acids is 3. The Morgan fingerprint density at radius 3 is 2.58 bits per heavy atom. The van der Waals surface area contributed by atoms with Crippen LogP contribution in [0.2, 0.25) is 0 Å². The summed E-state index contributed by atoms with van der Waals surface area (Å²) in [6, 6.07) is 8.85. The monoisotopic (exact) mass is 503 g/mol. The van der Waals surface area contributed by atoms with Crippen molar-refractivity contribution in [3.8, 4) is 0 Å². The molecule has 3 heterocycles. The maximum atomic E-state index is 13.6. The van der Waals surface area contributed by atoms with Gasteiger partial charge in [-0.1, -0.05) is 6.92 Å². The fourth-order valence-electron chi connectivity index (χ4n) is 5.24. The third-order valence-corrected chi connectivity index (χ3v) is 7.82. The normalized spacial score (nSPS) is 21.9. The lowest BCUT2D eigenvalue weighted by Gasteiger charge is -2.37. The minimum atomic E-state index is -0.694. The van der Waals surface area contributed by atoms with Crippen LogP contribution < -0.4 is 10.2 Å². The van der Waals surface area contributed by atoms with E-state index in [2.05, 4.69) is 17.2 Å². The lowest BCUT2D eigenvalue weighted by atomic mass is 9.82. The summed E-state index contributed by atoms with van der Waals surface area (Å²) in [6.45, 7) is 3.95. The number of furan rings is 1. The zero-order chi connectivity index (χ0) is 25.0. The molecule has 2 amide bonds. The second-order valence-electron chi connectivity index (χ2n) is 9.68. The minimum absolute atomic E-state index is 0.00786. The Bertz CT molecular complexity index is 1500. The second-order valence-corrected chi connectivity index (χ2v) is 10.4. The number of cyclic esters (lactones) is 1. The van der Waals surface area contributed by atoms with Crippen LogP contribution in [0.1, 0.15) is 60.4 Å². The number of amides is 2. The van der Waals surface area contributed by atoms with Crippen molar-refractivity contribution in [2.75, 3.05) is 10.2 Å². The van der Waals surface area contributed by atoms with E-state index in [1.54, 1.807) is 40.9 Å². The molecule has 2 aromatic carbocycles. The van der Waals surface area contributed by atoms with Crippen LogP contribution in [0.4, 0.5) is 11.4 Å². The molecule has 8 nitrogen and oxygen atoms in total. The molecule has 6 rings (SSSR count). The Labute approximate surface area is 211 Å².